The van der Waals surface area contributed by atoms with Crippen molar-refractivity contribution >= 4 is 5.91 Å². The molecule has 1 N–H and O–H groups in total. The molecule has 4 rings (SSSR count). The second-order valence-corrected chi connectivity index (χ2v) is 7.29. The first-order valence-corrected chi connectivity index (χ1v) is 9.58. The molecule has 0 fully saturated rings. The van der Waals surface area contributed by atoms with Crippen LogP contribution in [0.5, 0.6) is 5.75 Å². The van der Waals surface area contributed by atoms with Gasteiger partial charge in [-0.05, 0) is 36.7 Å². The number of carbonyl (C=O) groups is 1. The molecule has 0 bridgehead atoms. The molecule has 2 aromatic carbocycles. The van der Waals surface area contributed by atoms with Crippen LogP contribution < -0.4 is 10.1 Å². The SMILES string of the molecule is CN1Cc2ccccc2C[C@@H]1CNC(=O)c1cc(COc2ccc(F)cc2F)on1. The van der Waals surface area contributed by atoms with Gasteiger partial charge in [0.2, 0.25) is 0 Å². The van der Waals surface area contributed by atoms with E-state index in [0.29, 0.717) is 6.54 Å². The average Bonchev–Trinajstić information content (AvgIpc) is 3.20. The van der Waals surface area contributed by atoms with E-state index in [1.807, 2.05) is 19.2 Å². The first-order chi connectivity index (χ1) is 14.5. The van der Waals surface area contributed by atoms with Crippen molar-refractivity contribution in [1.82, 2.24) is 15.4 Å². The number of aromatic nitrogens is 1. The molecular formula is C22H21F2N3O3. The van der Waals surface area contributed by atoms with Crippen LogP contribution in [0, 0.1) is 11.6 Å². The lowest BCUT2D eigenvalue weighted by atomic mass is 9.94. The highest BCUT2D eigenvalue weighted by Crippen LogP contribution is 2.22. The fraction of sp³-hybridized carbons (Fsp3) is 0.273. The number of hydrogen-bond donors (Lipinski definition) is 1. The van der Waals surface area contributed by atoms with Gasteiger partial charge in [0.15, 0.2) is 23.0 Å². The summed E-state index contributed by atoms with van der Waals surface area (Å²) in [6.45, 7) is 1.18. The molecule has 0 radical (unpaired) electrons. The number of ether oxygens (including phenoxy) is 1. The molecule has 1 aliphatic heterocycles. The second-order valence-electron chi connectivity index (χ2n) is 7.29. The van der Waals surface area contributed by atoms with E-state index < -0.39 is 11.6 Å². The van der Waals surface area contributed by atoms with Gasteiger partial charge >= 0.3 is 0 Å². The van der Waals surface area contributed by atoms with E-state index in [1.165, 1.54) is 23.3 Å². The summed E-state index contributed by atoms with van der Waals surface area (Å²) in [5, 5.41) is 6.64. The normalized spacial score (nSPS) is 16.2. The van der Waals surface area contributed by atoms with E-state index in [4.69, 9.17) is 9.26 Å². The summed E-state index contributed by atoms with van der Waals surface area (Å²) in [5.41, 5.74) is 2.72. The Morgan fingerprint density at radius 1 is 1.23 bits per heavy atom. The Kier molecular flexibility index (Phi) is 5.76. The number of fused-ring (bicyclic) bond motifs is 1. The molecule has 1 amide bonds. The zero-order chi connectivity index (χ0) is 21.1. The second kappa shape index (κ2) is 8.62. The van der Waals surface area contributed by atoms with Crippen LogP contribution in [0.25, 0.3) is 0 Å². The van der Waals surface area contributed by atoms with Gasteiger partial charge in [0.05, 0.1) is 0 Å². The molecule has 0 saturated heterocycles. The Morgan fingerprint density at radius 2 is 2.03 bits per heavy atom. The van der Waals surface area contributed by atoms with Gasteiger partial charge in [-0.25, -0.2) is 8.78 Å². The highest BCUT2D eigenvalue weighted by atomic mass is 19.1. The van der Waals surface area contributed by atoms with E-state index >= 15 is 0 Å². The number of nitrogens with one attached hydrogen (secondary N) is 1. The lowest BCUT2D eigenvalue weighted by Gasteiger charge is -2.34. The van der Waals surface area contributed by atoms with Crippen molar-refractivity contribution in [2.45, 2.75) is 25.6 Å². The van der Waals surface area contributed by atoms with E-state index in [0.717, 1.165) is 25.1 Å². The van der Waals surface area contributed by atoms with Crippen LogP contribution in [0.4, 0.5) is 8.78 Å². The standard InChI is InChI=1S/C22H21F2N3O3/c1-27-12-15-5-3-2-4-14(15)8-17(27)11-25-22(28)20-10-18(30-26-20)13-29-21-7-6-16(23)9-19(21)24/h2-7,9-10,17H,8,11-13H2,1H3,(H,25,28)/t17-/m1/s1. The summed E-state index contributed by atoms with van der Waals surface area (Å²) in [6, 6.07) is 12.9. The Bertz CT molecular complexity index is 1050. The third kappa shape index (κ3) is 4.49. The van der Waals surface area contributed by atoms with Gasteiger partial charge in [0.1, 0.15) is 12.4 Å². The molecular weight excluding hydrogens is 392 g/mol. The number of benzene rings is 2. The summed E-state index contributed by atoms with van der Waals surface area (Å²) >= 11 is 0. The molecule has 1 atom stereocenters. The van der Waals surface area contributed by atoms with Gasteiger partial charge in [-0.2, -0.15) is 0 Å². The van der Waals surface area contributed by atoms with Gasteiger partial charge in [0, 0.05) is 31.3 Å². The lowest BCUT2D eigenvalue weighted by molar-refractivity contribution is 0.0925. The summed E-state index contributed by atoms with van der Waals surface area (Å²) in [5.74, 6) is -1.71. The van der Waals surface area contributed by atoms with E-state index in [-0.39, 0.29) is 35.8 Å². The van der Waals surface area contributed by atoms with Gasteiger partial charge in [-0.15, -0.1) is 0 Å². The highest BCUT2D eigenvalue weighted by molar-refractivity contribution is 5.92. The summed E-state index contributed by atoms with van der Waals surface area (Å²) in [7, 11) is 2.03. The number of nitrogens with zero attached hydrogens (tertiary/aromatic N) is 2. The van der Waals surface area contributed by atoms with Crippen LogP contribution in [0.15, 0.2) is 53.1 Å². The smallest absolute Gasteiger partial charge is 0.273 e. The van der Waals surface area contributed by atoms with Crippen molar-refractivity contribution in [2.75, 3.05) is 13.6 Å². The fourth-order valence-corrected chi connectivity index (χ4v) is 3.48. The highest BCUT2D eigenvalue weighted by Gasteiger charge is 2.24. The van der Waals surface area contributed by atoms with Crippen LogP contribution in [-0.4, -0.2) is 35.6 Å². The maximum Gasteiger partial charge on any atom is 0.273 e. The Hall–Kier alpha value is -3.26. The largest absolute Gasteiger partial charge is 0.482 e. The zero-order valence-electron chi connectivity index (χ0n) is 16.4. The van der Waals surface area contributed by atoms with Crippen LogP contribution in [0.3, 0.4) is 0 Å². The lowest BCUT2D eigenvalue weighted by Crippen LogP contribution is -2.45. The average molecular weight is 413 g/mol. The summed E-state index contributed by atoms with van der Waals surface area (Å²) in [6.07, 6.45) is 0.855. The van der Waals surface area contributed by atoms with Gasteiger partial charge < -0.3 is 14.6 Å². The Labute approximate surface area is 172 Å². The van der Waals surface area contributed by atoms with Crippen molar-refractivity contribution in [1.29, 1.82) is 0 Å². The molecule has 1 aromatic heterocycles. The third-order valence-electron chi connectivity index (χ3n) is 5.17. The summed E-state index contributed by atoms with van der Waals surface area (Å²) < 4.78 is 36.9. The van der Waals surface area contributed by atoms with Crippen molar-refractivity contribution < 1.29 is 22.8 Å². The van der Waals surface area contributed by atoms with E-state index in [2.05, 4.69) is 27.5 Å². The number of rotatable bonds is 6. The zero-order valence-corrected chi connectivity index (χ0v) is 16.4. The number of halogens is 2. The Balaban J connectivity index is 1.31. The topological polar surface area (TPSA) is 67.6 Å². The molecule has 0 unspecified atom stereocenters. The number of hydrogen-bond acceptors (Lipinski definition) is 5. The van der Waals surface area contributed by atoms with Gasteiger partial charge in [-0.1, -0.05) is 29.4 Å². The monoisotopic (exact) mass is 413 g/mol. The number of likely N-dealkylation sites (N-methyl/N-ethyl adjacent to an activating group) is 1. The van der Waals surface area contributed by atoms with Crippen LogP contribution >= 0.6 is 0 Å². The molecule has 156 valence electrons. The molecule has 0 spiro atoms. The molecule has 3 aromatic rings. The maximum atomic E-state index is 13.6. The molecule has 2 heterocycles. The first kappa shape index (κ1) is 20.0. The molecule has 1 aliphatic rings. The van der Waals surface area contributed by atoms with Crippen LogP contribution in [-0.2, 0) is 19.6 Å². The van der Waals surface area contributed by atoms with Crippen molar-refractivity contribution in [3.05, 3.63) is 82.7 Å². The van der Waals surface area contributed by atoms with Gasteiger partial charge in [-0.3, -0.25) is 9.69 Å². The van der Waals surface area contributed by atoms with Crippen molar-refractivity contribution in [2.24, 2.45) is 0 Å². The van der Waals surface area contributed by atoms with Crippen LogP contribution in [0.2, 0.25) is 0 Å². The van der Waals surface area contributed by atoms with Crippen molar-refractivity contribution in [3.63, 3.8) is 0 Å². The predicted molar refractivity (Wildman–Crippen MR) is 105 cm³/mol. The maximum absolute atomic E-state index is 13.6. The molecule has 0 saturated carbocycles. The van der Waals surface area contributed by atoms with E-state index in [1.54, 1.807) is 0 Å². The molecule has 0 aliphatic carbocycles. The summed E-state index contributed by atoms with van der Waals surface area (Å²) in [4.78, 5) is 14.6. The first-order valence-electron chi connectivity index (χ1n) is 9.58. The van der Waals surface area contributed by atoms with Crippen LogP contribution in [0.1, 0.15) is 27.4 Å². The fourth-order valence-electron chi connectivity index (χ4n) is 3.48. The van der Waals surface area contributed by atoms with E-state index in [9.17, 15) is 13.6 Å². The molecule has 8 heteroatoms. The molecule has 6 nitrogen and oxygen atoms in total. The quantitative estimate of drug-likeness (QED) is 0.672. The minimum absolute atomic E-state index is 0.112. The van der Waals surface area contributed by atoms with Crippen molar-refractivity contribution in [3.8, 4) is 5.75 Å². The number of amides is 1. The minimum atomic E-state index is -0.814. The minimum Gasteiger partial charge on any atom is -0.482 e. The Morgan fingerprint density at radius 3 is 2.83 bits per heavy atom. The number of carbonyl (C=O) groups excluding carboxylic acids is 1. The third-order valence-corrected chi connectivity index (χ3v) is 5.17. The predicted octanol–water partition coefficient (Wildman–Crippen LogP) is 3.32. The van der Waals surface area contributed by atoms with Gasteiger partial charge in [0.25, 0.3) is 5.91 Å². The molecule has 30 heavy (non-hydrogen) atoms.